The number of hydrogen-bond acceptors (Lipinski definition) is 5. The van der Waals surface area contributed by atoms with E-state index >= 15 is 0 Å². The Morgan fingerprint density at radius 3 is 2.60 bits per heavy atom. The van der Waals surface area contributed by atoms with Gasteiger partial charge in [-0.3, -0.25) is 4.79 Å². The minimum Gasteiger partial charge on any atom is -0.300 e. The van der Waals surface area contributed by atoms with Crippen LogP contribution in [0.5, 0.6) is 0 Å². The predicted octanol–water partition coefficient (Wildman–Crippen LogP) is 5.12. The molecule has 1 heterocycles. The third-order valence-corrected chi connectivity index (χ3v) is 5.52. The maximum absolute atomic E-state index is 12.0. The second-order valence-electron chi connectivity index (χ2n) is 5.26. The zero-order valence-electron chi connectivity index (χ0n) is 13.3. The van der Waals surface area contributed by atoms with E-state index in [0.29, 0.717) is 16.6 Å². The van der Waals surface area contributed by atoms with Crippen LogP contribution in [-0.2, 0) is 10.5 Å². The largest absolute Gasteiger partial charge is 0.300 e. The topological polar surface area (TPSA) is 54.9 Å². The molecule has 7 heteroatoms. The summed E-state index contributed by atoms with van der Waals surface area (Å²) in [7, 11) is 0. The van der Waals surface area contributed by atoms with Crippen LogP contribution < -0.4 is 5.32 Å². The molecule has 0 radical (unpaired) electrons. The van der Waals surface area contributed by atoms with Gasteiger partial charge in [0.1, 0.15) is 5.01 Å². The molecular formula is C18H16ClN3OS2. The number of halogens is 1. The molecular weight excluding hydrogens is 374 g/mol. The lowest BCUT2D eigenvalue weighted by Crippen LogP contribution is -2.12. The Hall–Kier alpha value is -1.89. The molecule has 1 N–H and O–H groups in total. The van der Waals surface area contributed by atoms with Gasteiger partial charge in [-0.15, -0.1) is 10.2 Å². The van der Waals surface area contributed by atoms with Gasteiger partial charge in [0.05, 0.1) is 0 Å². The fraction of sp³-hybridized carbons (Fsp3) is 0.167. The molecule has 0 bridgehead atoms. The molecule has 0 saturated heterocycles. The third-order valence-electron chi connectivity index (χ3n) is 3.35. The van der Waals surface area contributed by atoms with Crippen molar-refractivity contribution >= 4 is 45.7 Å². The van der Waals surface area contributed by atoms with Crippen LogP contribution in [0.25, 0.3) is 10.6 Å². The molecule has 4 nitrogen and oxygen atoms in total. The van der Waals surface area contributed by atoms with Crippen LogP contribution in [0.4, 0.5) is 5.13 Å². The van der Waals surface area contributed by atoms with Crippen molar-refractivity contribution in [1.82, 2.24) is 10.2 Å². The van der Waals surface area contributed by atoms with Crippen LogP contribution in [0.3, 0.4) is 0 Å². The number of rotatable bonds is 7. The van der Waals surface area contributed by atoms with E-state index in [0.717, 1.165) is 22.1 Å². The van der Waals surface area contributed by atoms with Gasteiger partial charge in [0.25, 0.3) is 0 Å². The summed E-state index contributed by atoms with van der Waals surface area (Å²) in [6.45, 7) is 0. The van der Waals surface area contributed by atoms with Gasteiger partial charge >= 0.3 is 0 Å². The molecule has 3 rings (SSSR count). The summed E-state index contributed by atoms with van der Waals surface area (Å²) < 4.78 is 0. The van der Waals surface area contributed by atoms with E-state index in [4.69, 9.17) is 11.6 Å². The highest BCUT2D eigenvalue weighted by Crippen LogP contribution is 2.27. The molecule has 2 aromatic carbocycles. The van der Waals surface area contributed by atoms with Gasteiger partial charge in [0, 0.05) is 28.5 Å². The van der Waals surface area contributed by atoms with Gasteiger partial charge in [-0.25, -0.2) is 0 Å². The molecule has 0 atom stereocenters. The van der Waals surface area contributed by atoms with Crippen LogP contribution in [0.1, 0.15) is 12.0 Å². The Labute approximate surface area is 159 Å². The third kappa shape index (κ3) is 5.56. The zero-order chi connectivity index (χ0) is 17.5. The Morgan fingerprint density at radius 2 is 1.84 bits per heavy atom. The second-order valence-corrected chi connectivity index (χ2v) is 7.77. The van der Waals surface area contributed by atoms with E-state index in [2.05, 4.69) is 27.6 Å². The standard InChI is InChI=1S/C18H16ClN3OS2/c19-15-8-6-14(7-9-15)17-21-22-18(25-17)20-16(23)10-11-24-12-13-4-2-1-3-5-13/h1-9H,10-12H2,(H,20,22,23). The lowest BCUT2D eigenvalue weighted by atomic mass is 10.2. The normalized spacial score (nSPS) is 10.6. The van der Waals surface area contributed by atoms with E-state index in [1.54, 1.807) is 23.9 Å². The molecule has 0 fully saturated rings. The predicted molar refractivity (Wildman–Crippen MR) is 106 cm³/mol. The van der Waals surface area contributed by atoms with E-state index < -0.39 is 0 Å². The van der Waals surface area contributed by atoms with Crippen molar-refractivity contribution < 1.29 is 4.79 Å². The Kier molecular flexibility index (Phi) is 6.44. The molecule has 1 amide bonds. The Morgan fingerprint density at radius 1 is 1.08 bits per heavy atom. The molecule has 0 saturated carbocycles. The van der Waals surface area contributed by atoms with Crippen molar-refractivity contribution in [3.05, 3.63) is 65.2 Å². The minimum atomic E-state index is -0.0423. The highest BCUT2D eigenvalue weighted by molar-refractivity contribution is 7.98. The summed E-state index contributed by atoms with van der Waals surface area (Å²) >= 11 is 8.98. The van der Waals surface area contributed by atoms with Crippen LogP contribution >= 0.6 is 34.7 Å². The first-order valence-electron chi connectivity index (χ1n) is 7.72. The SMILES string of the molecule is O=C(CCSCc1ccccc1)Nc1nnc(-c2ccc(Cl)cc2)s1. The zero-order valence-corrected chi connectivity index (χ0v) is 15.7. The van der Waals surface area contributed by atoms with Gasteiger partial charge in [-0.2, -0.15) is 11.8 Å². The number of thioether (sulfide) groups is 1. The number of anilines is 1. The quantitative estimate of drug-likeness (QED) is 0.570. The number of hydrogen-bond donors (Lipinski definition) is 1. The highest BCUT2D eigenvalue weighted by Gasteiger charge is 2.09. The fourth-order valence-corrected chi connectivity index (χ4v) is 3.89. The fourth-order valence-electron chi connectivity index (χ4n) is 2.09. The van der Waals surface area contributed by atoms with Crippen molar-refractivity contribution in [2.24, 2.45) is 0 Å². The van der Waals surface area contributed by atoms with E-state index in [1.165, 1.54) is 16.9 Å². The number of carbonyl (C=O) groups excluding carboxylic acids is 1. The first kappa shape index (κ1) is 17.9. The minimum absolute atomic E-state index is 0.0423. The summed E-state index contributed by atoms with van der Waals surface area (Å²) in [5.41, 5.74) is 2.20. The lowest BCUT2D eigenvalue weighted by molar-refractivity contribution is -0.115. The summed E-state index contributed by atoms with van der Waals surface area (Å²) in [4.78, 5) is 12.0. The maximum Gasteiger partial charge on any atom is 0.227 e. The molecule has 0 aliphatic carbocycles. The number of carbonyl (C=O) groups is 1. The van der Waals surface area contributed by atoms with Crippen molar-refractivity contribution in [2.45, 2.75) is 12.2 Å². The van der Waals surface area contributed by atoms with Gasteiger partial charge in [0.2, 0.25) is 11.0 Å². The Balaban J connectivity index is 1.44. The first-order chi connectivity index (χ1) is 12.2. The highest BCUT2D eigenvalue weighted by atomic mass is 35.5. The van der Waals surface area contributed by atoms with Crippen LogP contribution in [0.15, 0.2) is 54.6 Å². The van der Waals surface area contributed by atoms with Gasteiger partial charge in [0.15, 0.2) is 0 Å². The molecule has 0 unspecified atom stereocenters. The molecule has 0 spiro atoms. The smallest absolute Gasteiger partial charge is 0.227 e. The number of nitrogens with one attached hydrogen (secondary N) is 1. The summed E-state index contributed by atoms with van der Waals surface area (Å²) in [6, 6.07) is 17.6. The molecule has 1 aromatic heterocycles. The molecule has 0 aliphatic rings. The lowest BCUT2D eigenvalue weighted by Gasteiger charge is -2.02. The van der Waals surface area contributed by atoms with Crippen LogP contribution in [0.2, 0.25) is 5.02 Å². The summed E-state index contributed by atoms with van der Waals surface area (Å²) in [5, 5.41) is 12.9. The van der Waals surface area contributed by atoms with Gasteiger partial charge in [-0.1, -0.05) is 65.4 Å². The van der Waals surface area contributed by atoms with E-state index in [1.807, 2.05) is 30.3 Å². The van der Waals surface area contributed by atoms with Gasteiger partial charge in [-0.05, 0) is 17.7 Å². The first-order valence-corrected chi connectivity index (χ1v) is 10.1. The summed E-state index contributed by atoms with van der Waals surface area (Å²) in [6.07, 6.45) is 0.452. The summed E-state index contributed by atoms with van der Waals surface area (Å²) in [5.74, 6) is 1.64. The molecule has 0 aliphatic heterocycles. The van der Waals surface area contributed by atoms with E-state index in [-0.39, 0.29) is 5.91 Å². The van der Waals surface area contributed by atoms with Crippen molar-refractivity contribution in [2.75, 3.05) is 11.1 Å². The number of nitrogens with zero attached hydrogens (tertiary/aromatic N) is 2. The second kappa shape index (κ2) is 8.99. The van der Waals surface area contributed by atoms with Crippen molar-refractivity contribution in [3.63, 3.8) is 0 Å². The number of benzene rings is 2. The monoisotopic (exact) mass is 389 g/mol. The molecule has 3 aromatic rings. The van der Waals surface area contributed by atoms with Crippen LogP contribution in [-0.4, -0.2) is 21.9 Å². The average molecular weight is 390 g/mol. The van der Waals surface area contributed by atoms with E-state index in [9.17, 15) is 4.79 Å². The van der Waals surface area contributed by atoms with Gasteiger partial charge < -0.3 is 5.32 Å². The number of amides is 1. The Bertz CT molecular complexity index is 822. The molecule has 25 heavy (non-hydrogen) atoms. The number of aromatic nitrogens is 2. The maximum atomic E-state index is 12.0. The van der Waals surface area contributed by atoms with Crippen molar-refractivity contribution in [3.8, 4) is 10.6 Å². The molecule has 128 valence electrons. The van der Waals surface area contributed by atoms with Crippen LogP contribution in [0, 0.1) is 0 Å². The van der Waals surface area contributed by atoms with Crippen molar-refractivity contribution in [1.29, 1.82) is 0 Å². The average Bonchev–Trinajstić information content (AvgIpc) is 3.09.